The zero-order chi connectivity index (χ0) is 11.5. The summed E-state index contributed by atoms with van der Waals surface area (Å²) in [5, 5.41) is 10.2. The predicted octanol–water partition coefficient (Wildman–Crippen LogP) is 3.04. The molecule has 1 N–H and O–H groups in total. The molecule has 0 fully saturated rings. The van der Waals surface area contributed by atoms with Crippen molar-refractivity contribution in [3.05, 3.63) is 39.8 Å². The minimum Gasteiger partial charge on any atom is -0.508 e. The highest BCUT2D eigenvalue weighted by atomic mass is 32.1. The number of benzene rings is 1. The number of phenolic OH excluding ortho intramolecular Hbond substituents is 1. The van der Waals surface area contributed by atoms with Gasteiger partial charge in [0, 0.05) is 10.9 Å². The lowest BCUT2D eigenvalue weighted by molar-refractivity contribution is 0.303. The Hall–Kier alpha value is -1.55. The molecule has 0 saturated carbocycles. The van der Waals surface area contributed by atoms with E-state index in [9.17, 15) is 5.11 Å². The lowest BCUT2D eigenvalue weighted by Crippen LogP contribution is -1.94. The van der Waals surface area contributed by atoms with E-state index in [1.54, 1.807) is 29.5 Å². The van der Waals surface area contributed by atoms with Gasteiger partial charge in [0.25, 0.3) is 0 Å². The fraction of sp³-hybridized carbons (Fsp3) is 0.250. The quantitative estimate of drug-likeness (QED) is 0.889. The summed E-state index contributed by atoms with van der Waals surface area (Å²) in [6.45, 7) is 4.48. The number of ether oxygens (including phenoxy) is 1. The molecule has 0 spiro atoms. The Balaban J connectivity index is 2.02. The standard InChI is InChI=1S/C12H13NO2S/c1-8-9(2)16-12(13-8)7-15-11-5-3-4-10(14)6-11/h3-6,14H,7H2,1-2H3. The third-order valence-corrected chi connectivity index (χ3v) is 3.30. The van der Waals surface area contributed by atoms with Gasteiger partial charge in [0.15, 0.2) is 0 Å². The van der Waals surface area contributed by atoms with Crippen LogP contribution in [0.5, 0.6) is 11.5 Å². The van der Waals surface area contributed by atoms with Crippen LogP contribution in [0.3, 0.4) is 0 Å². The highest BCUT2D eigenvalue weighted by Crippen LogP contribution is 2.21. The molecule has 0 bridgehead atoms. The number of aromatic hydroxyl groups is 1. The molecule has 0 unspecified atom stereocenters. The van der Waals surface area contributed by atoms with Gasteiger partial charge in [-0.25, -0.2) is 4.98 Å². The van der Waals surface area contributed by atoms with Crippen molar-refractivity contribution in [2.75, 3.05) is 0 Å². The maximum absolute atomic E-state index is 9.27. The minimum atomic E-state index is 0.212. The van der Waals surface area contributed by atoms with Crippen molar-refractivity contribution in [3.63, 3.8) is 0 Å². The Morgan fingerprint density at radius 3 is 2.81 bits per heavy atom. The smallest absolute Gasteiger partial charge is 0.140 e. The largest absolute Gasteiger partial charge is 0.508 e. The van der Waals surface area contributed by atoms with Crippen molar-refractivity contribution in [1.29, 1.82) is 0 Å². The lowest BCUT2D eigenvalue weighted by Gasteiger charge is -2.03. The van der Waals surface area contributed by atoms with Gasteiger partial charge < -0.3 is 9.84 Å². The first-order valence-corrected chi connectivity index (χ1v) is 5.81. The SMILES string of the molecule is Cc1nc(COc2cccc(O)c2)sc1C. The first-order chi connectivity index (χ1) is 7.65. The van der Waals surface area contributed by atoms with Crippen LogP contribution in [0.2, 0.25) is 0 Å². The van der Waals surface area contributed by atoms with Gasteiger partial charge in [0.1, 0.15) is 23.1 Å². The van der Waals surface area contributed by atoms with Crippen LogP contribution in [0.15, 0.2) is 24.3 Å². The molecule has 0 aliphatic carbocycles. The van der Waals surface area contributed by atoms with E-state index in [-0.39, 0.29) is 5.75 Å². The van der Waals surface area contributed by atoms with Crippen LogP contribution in [0.25, 0.3) is 0 Å². The van der Waals surface area contributed by atoms with Crippen molar-refractivity contribution in [3.8, 4) is 11.5 Å². The third-order valence-electron chi connectivity index (χ3n) is 2.25. The Morgan fingerprint density at radius 1 is 1.38 bits per heavy atom. The molecular weight excluding hydrogens is 222 g/mol. The van der Waals surface area contributed by atoms with E-state index >= 15 is 0 Å². The van der Waals surface area contributed by atoms with Gasteiger partial charge in [-0.05, 0) is 26.0 Å². The van der Waals surface area contributed by atoms with Gasteiger partial charge >= 0.3 is 0 Å². The topological polar surface area (TPSA) is 42.4 Å². The number of aryl methyl sites for hydroxylation is 2. The number of phenols is 1. The molecule has 1 heterocycles. The van der Waals surface area contributed by atoms with Crippen molar-refractivity contribution < 1.29 is 9.84 Å². The number of aromatic nitrogens is 1. The fourth-order valence-corrected chi connectivity index (χ4v) is 2.17. The second-order valence-corrected chi connectivity index (χ2v) is 4.82. The molecule has 0 radical (unpaired) electrons. The molecule has 1 aromatic carbocycles. The van der Waals surface area contributed by atoms with Crippen molar-refractivity contribution in [2.24, 2.45) is 0 Å². The zero-order valence-electron chi connectivity index (χ0n) is 9.23. The Bertz CT molecular complexity index is 474. The fourth-order valence-electron chi connectivity index (χ4n) is 1.32. The minimum absolute atomic E-state index is 0.212. The third kappa shape index (κ3) is 2.52. The zero-order valence-corrected chi connectivity index (χ0v) is 10.0. The van der Waals surface area contributed by atoms with Crippen molar-refractivity contribution in [2.45, 2.75) is 20.5 Å². The molecule has 1 aromatic heterocycles. The summed E-state index contributed by atoms with van der Waals surface area (Å²) < 4.78 is 5.53. The van der Waals surface area contributed by atoms with E-state index in [4.69, 9.17) is 4.74 Å². The van der Waals surface area contributed by atoms with Crippen LogP contribution in [-0.2, 0) is 6.61 Å². The molecule has 16 heavy (non-hydrogen) atoms. The molecule has 0 aliphatic rings. The highest BCUT2D eigenvalue weighted by Gasteiger charge is 2.04. The Morgan fingerprint density at radius 2 is 2.19 bits per heavy atom. The van der Waals surface area contributed by atoms with Crippen LogP contribution in [0.4, 0.5) is 0 Å². The van der Waals surface area contributed by atoms with Gasteiger partial charge in [-0.2, -0.15) is 0 Å². The second-order valence-electron chi connectivity index (χ2n) is 3.54. The number of thiazole rings is 1. The van der Waals surface area contributed by atoms with Gasteiger partial charge in [0.05, 0.1) is 5.69 Å². The van der Waals surface area contributed by atoms with Crippen LogP contribution < -0.4 is 4.74 Å². The average molecular weight is 235 g/mol. The summed E-state index contributed by atoms with van der Waals surface area (Å²) in [7, 11) is 0. The summed E-state index contributed by atoms with van der Waals surface area (Å²) in [6.07, 6.45) is 0. The molecule has 0 aliphatic heterocycles. The summed E-state index contributed by atoms with van der Waals surface area (Å²) in [6, 6.07) is 6.77. The van der Waals surface area contributed by atoms with E-state index in [1.165, 1.54) is 4.88 Å². The predicted molar refractivity (Wildman–Crippen MR) is 64.0 cm³/mol. The molecule has 4 heteroatoms. The number of hydrogen-bond donors (Lipinski definition) is 1. The van der Waals surface area contributed by atoms with Gasteiger partial charge in [-0.3, -0.25) is 0 Å². The van der Waals surface area contributed by atoms with Gasteiger partial charge in [-0.15, -0.1) is 11.3 Å². The average Bonchev–Trinajstić information content (AvgIpc) is 2.56. The van der Waals surface area contributed by atoms with E-state index in [2.05, 4.69) is 4.98 Å². The summed E-state index contributed by atoms with van der Waals surface area (Å²) in [4.78, 5) is 5.60. The Labute approximate surface area is 98.4 Å². The first kappa shape index (κ1) is 11.0. The lowest BCUT2D eigenvalue weighted by atomic mass is 10.3. The number of hydrogen-bond acceptors (Lipinski definition) is 4. The van der Waals surface area contributed by atoms with E-state index < -0.39 is 0 Å². The maximum Gasteiger partial charge on any atom is 0.140 e. The monoisotopic (exact) mass is 235 g/mol. The molecule has 3 nitrogen and oxygen atoms in total. The highest BCUT2D eigenvalue weighted by molar-refractivity contribution is 7.11. The second kappa shape index (κ2) is 4.53. The van der Waals surface area contributed by atoms with E-state index in [1.807, 2.05) is 19.9 Å². The van der Waals surface area contributed by atoms with Crippen molar-refractivity contribution in [1.82, 2.24) is 4.98 Å². The summed E-state index contributed by atoms with van der Waals surface area (Å²) >= 11 is 1.64. The number of nitrogens with zero attached hydrogens (tertiary/aromatic N) is 1. The molecular formula is C12H13NO2S. The molecule has 0 saturated heterocycles. The van der Waals surface area contributed by atoms with Crippen LogP contribution in [0.1, 0.15) is 15.6 Å². The van der Waals surface area contributed by atoms with E-state index in [0.717, 1.165) is 10.7 Å². The summed E-state index contributed by atoms with van der Waals surface area (Å²) in [5.41, 5.74) is 1.06. The van der Waals surface area contributed by atoms with E-state index in [0.29, 0.717) is 12.4 Å². The molecule has 2 aromatic rings. The van der Waals surface area contributed by atoms with Crippen LogP contribution >= 0.6 is 11.3 Å². The Kier molecular flexibility index (Phi) is 3.10. The molecule has 0 amide bonds. The van der Waals surface area contributed by atoms with Crippen molar-refractivity contribution >= 4 is 11.3 Å². The van der Waals surface area contributed by atoms with Crippen LogP contribution in [0, 0.1) is 13.8 Å². The van der Waals surface area contributed by atoms with Crippen LogP contribution in [-0.4, -0.2) is 10.1 Å². The summed E-state index contributed by atoms with van der Waals surface area (Å²) in [5.74, 6) is 0.870. The molecule has 2 rings (SSSR count). The first-order valence-electron chi connectivity index (χ1n) is 5.00. The van der Waals surface area contributed by atoms with Gasteiger partial charge in [0.2, 0.25) is 0 Å². The normalized spacial score (nSPS) is 10.4. The van der Waals surface area contributed by atoms with Gasteiger partial charge in [-0.1, -0.05) is 6.07 Å². The maximum atomic E-state index is 9.27. The molecule has 84 valence electrons. The molecule has 0 atom stereocenters. The number of rotatable bonds is 3.